The minimum atomic E-state index is -0.00225. The molecule has 0 bridgehead atoms. The summed E-state index contributed by atoms with van der Waals surface area (Å²) >= 11 is 0. The van der Waals surface area contributed by atoms with Gasteiger partial charge in [0.25, 0.3) is 0 Å². The van der Waals surface area contributed by atoms with Crippen molar-refractivity contribution in [3.63, 3.8) is 0 Å². The summed E-state index contributed by atoms with van der Waals surface area (Å²) in [6.45, 7) is 6.30. The van der Waals surface area contributed by atoms with Crippen LogP contribution in [0.25, 0.3) is 16.5 Å². The molecule has 2 aromatic rings. The first kappa shape index (κ1) is 12.8. The van der Waals surface area contributed by atoms with E-state index in [4.69, 9.17) is 0 Å². The van der Waals surface area contributed by atoms with Crippen molar-refractivity contribution in [1.29, 1.82) is 0 Å². The summed E-state index contributed by atoms with van der Waals surface area (Å²) in [7, 11) is 0. The molecule has 0 radical (unpaired) electrons. The first-order valence-electron chi connectivity index (χ1n) is 7.69. The van der Waals surface area contributed by atoms with Gasteiger partial charge in [0.2, 0.25) is 0 Å². The molecule has 1 aromatic carbocycles. The van der Waals surface area contributed by atoms with Gasteiger partial charge in [-0.3, -0.25) is 4.90 Å². The average molecular weight is 280 g/mol. The summed E-state index contributed by atoms with van der Waals surface area (Å²) in [4.78, 5) is 17.2. The summed E-state index contributed by atoms with van der Waals surface area (Å²) in [6, 6.07) is 6.43. The Labute approximate surface area is 124 Å². The number of carbonyl (C=O) groups is 1. The van der Waals surface area contributed by atoms with E-state index in [0.29, 0.717) is 0 Å². The molecule has 1 N–H and O–H groups in total. The molecule has 4 rings (SSSR count). The van der Waals surface area contributed by atoms with E-state index in [1.165, 1.54) is 27.6 Å². The molecule has 3 heteroatoms. The summed E-state index contributed by atoms with van der Waals surface area (Å²) in [5.41, 5.74) is 5.20. The zero-order chi connectivity index (χ0) is 14.6. The van der Waals surface area contributed by atoms with E-state index in [-0.39, 0.29) is 11.5 Å². The van der Waals surface area contributed by atoms with Crippen LogP contribution < -0.4 is 0 Å². The molecule has 2 atom stereocenters. The number of hydrogen-bond donors (Lipinski definition) is 1. The van der Waals surface area contributed by atoms with Crippen LogP contribution in [0.2, 0.25) is 0 Å². The number of rotatable bonds is 2. The first-order valence-corrected chi connectivity index (χ1v) is 7.69. The third-order valence-electron chi connectivity index (χ3n) is 5.26. The van der Waals surface area contributed by atoms with Crippen LogP contribution in [-0.2, 0) is 11.2 Å². The van der Waals surface area contributed by atoms with Crippen molar-refractivity contribution in [1.82, 2.24) is 9.88 Å². The second-order valence-electron chi connectivity index (χ2n) is 6.41. The van der Waals surface area contributed by atoms with Gasteiger partial charge >= 0.3 is 0 Å². The number of H-pyrrole nitrogens is 1. The molecule has 2 unspecified atom stereocenters. The lowest BCUT2D eigenvalue weighted by Crippen LogP contribution is -2.54. The predicted molar refractivity (Wildman–Crippen MR) is 85.2 cm³/mol. The Kier molecular flexibility index (Phi) is 2.64. The molecule has 2 heterocycles. The van der Waals surface area contributed by atoms with Crippen molar-refractivity contribution in [2.45, 2.75) is 25.8 Å². The number of fused-ring (bicyclic) bond motifs is 2. The molecule has 0 spiro atoms. The Bertz CT molecular complexity index is 758. The van der Waals surface area contributed by atoms with Crippen LogP contribution in [0.15, 0.2) is 30.5 Å². The maximum absolute atomic E-state index is 11.4. The number of nitrogens with zero attached hydrogens (tertiary/aromatic N) is 1. The molecule has 1 aliphatic carbocycles. The van der Waals surface area contributed by atoms with Crippen LogP contribution in [-0.4, -0.2) is 34.8 Å². The third-order valence-corrected chi connectivity index (χ3v) is 5.26. The van der Waals surface area contributed by atoms with Gasteiger partial charge in [-0.25, -0.2) is 0 Å². The Balaban J connectivity index is 2.01. The van der Waals surface area contributed by atoms with Gasteiger partial charge in [0.1, 0.15) is 6.29 Å². The van der Waals surface area contributed by atoms with Crippen molar-refractivity contribution in [2.24, 2.45) is 5.92 Å². The summed E-state index contributed by atoms with van der Waals surface area (Å²) < 4.78 is 0. The van der Waals surface area contributed by atoms with Crippen LogP contribution in [0.4, 0.5) is 0 Å². The molecule has 1 aromatic heterocycles. The Hall–Kier alpha value is -1.87. The number of benzene rings is 1. The van der Waals surface area contributed by atoms with Crippen molar-refractivity contribution in [3.8, 4) is 0 Å². The molecule has 2 aliphatic rings. The fraction of sp³-hybridized carbons (Fsp3) is 0.389. The van der Waals surface area contributed by atoms with Crippen LogP contribution in [0.5, 0.6) is 0 Å². The van der Waals surface area contributed by atoms with Crippen LogP contribution in [0.1, 0.15) is 25.0 Å². The second kappa shape index (κ2) is 4.31. The smallest absolute Gasteiger partial charge is 0.128 e. The lowest BCUT2D eigenvalue weighted by Gasteiger charge is -2.49. The largest absolute Gasteiger partial charge is 0.361 e. The monoisotopic (exact) mass is 280 g/mol. The number of aromatic amines is 1. The van der Waals surface area contributed by atoms with E-state index in [1.807, 2.05) is 0 Å². The van der Waals surface area contributed by atoms with Crippen molar-refractivity contribution in [3.05, 3.63) is 41.6 Å². The number of hydrogen-bond acceptors (Lipinski definition) is 2. The fourth-order valence-corrected chi connectivity index (χ4v) is 4.21. The summed E-state index contributed by atoms with van der Waals surface area (Å²) in [6.07, 6.45) is 6.44. The first-order chi connectivity index (χ1) is 10.2. The molecule has 1 aliphatic heterocycles. The minimum Gasteiger partial charge on any atom is -0.361 e. The maximum Gasteiger partial charge on any atom is 0.128 e. The highest BCUT2D eigenvalue weighted by Gasteiger charge is 2.43. The lowest BCUT2D eigenvalue weighted by molar-refractivity contribution is -0.110. The molecule has 0 fully saturated rings. The normalized spacial score (nSPS) is 28.3. The van der Waals surface area contributed by atoms with Crippen molar-refractivity contribution >= 4 is 22.8 Å². The van der Waals surface area contributed by atoms with Gasteiger partial charge in [-0.2, -0.15) is 0 Å². The zero-order valence-corrected chi connectivity index (χ0v) is 12.5. The minimum absolute atomic E-state index is 0.00225. The van der Waals surface area contributed by atoms with Crippen LogP contribution in [0.3, 0.4) is 0 Å². The van der Waals surface area contributed by atoms with Gasteiger partial charge in [-0.1, -0.05) is 25.1 Å². The molecule has 0 amide bonds. The van der Waals surface area contributed by atoms with E-state index < -0.39 is 0 Å². The molecule has 0 saturated heterocycles. The molecule has 108 valence electrons. The third kappa shape index (κ3) is 1.61. The number of aldehydes is 1. The Morgan fingerprint density at radius 2 is 2.33 bits per heavy atom. The summed E-state index contributed by atoms with van der Waals surface area (Å²) in [5, 5.41) is 1.34. The molecule has 3 nitrogen and oxygen atoms in total. The van der Waals surface area contributed by atoms with Gasteiger partial charge < -0.3 is 9.78 Å². The lowest BCUT2D eigenvalue weighted by atomic mass is 9.71. The van der Waals surface area contributed by atoms with Gasteiger partial charge in [0.05, 0.1) is 0 Å². The number of carbonyl (C=O) groups excluding carboxylic acids is 1. The van der Waals surface area contributed by atoms with Gasteiger partial charge in [-0.15, -0.1) is 0 Å². The van der Waals surface area contributed by atoms with E-state index >= 15 is 0 Å². The van der Waals surface area contributed by atoms with Gasteiger partial charge in [-0.05, 0) is 42.7 Å². The van der Waals surface area contributed by atoms with Crippen LogP contribution in [0, 0.1) is 5.92 Å². The van der Waals surface area contributed by atoms with E-state index in [2.05, 4.69) is 54.2 Å². The number of aromatic nitrogens is 1. The van der Waals surface area contributed by atoms with Gasteiger partial charge in [0.15, 0.2) is 0 Å². The number of likely N-dealkylation sites (N-methyl/N-ethyl adjacent to an activating group) is 1. The van der Waals surface area contributed by atoms with Crippen molar-refractivity contribution in [2.75, 3.05) is 13.1 Å². The zero-order valence-electron chi connectivity index (χ0n) is 12.5. The average Bonchev–Trinajstić information content (AvgIpc) is 2.90. The van der Waals surface area contributed by atoms with Crippen LogP contribution >= 0.6 is 0 Å². The quantitative estimate of drug-likeness (QED) is 0.858. The highest BCUT2D eigenvalue weighted by molar-refractivity contribution is 5.99. The fourth-order valence-electron chi connectivity index (χ4n) is 4.21. The predicted octanol–water partition coefficient (Wildman–Crippen LogP) is 3.02. The molecule has 21 heavy (non-hydrogen) atoms. The molecule has 0 saturated carbocycles. The highest BCUT2D eigenvalue weighted by Crippen LogP contribution is 2.47. The SMILES string of the molecule is CCN1CC(C=O)C=C2c3cccc4[nH]cc(c34)CC21C. The maximum atomic E-state index is 11.4. The topological polar surface area (TPSA) is 36.1 Å². The van der Waals surface area contributed by atoms with E-state index in [0.717, 1.165) is 25.8 Å². The van der Waals surface area contributed by atoms with Crippen molar-refractivity contribution < 1.29 is 4.79 Å². The second-order valence-corrected chi connectivity index (χ2v) is 6.41. The van der Waals surface area contributed by atoms with E-state index in [1.54, 1.807) is 0 Å². The van der Waals surface area contributed by atoms with E-state index in [9.17, 15) is 4.79 Å². The standard InChI is InChI=1S/C18H20N2O/c1-3-20-10-12(11-21)7-15-14-5-4-6-16-17(14)13(9-19-16)8-18(15,20)2/h4-7,9,11-12,19H,3,8,10H2,1-2H3. The number of nitrogens with one attached hydrogen (secondary N) is 1. The molecular weight excluding hydrogens is 260 g/mol. The highest BCUT2D eigenvalue weighted by atomic mass is 16.1. The Morgan fingerprint density at radius 1 is 1.48 bits per heavy atom. The Morgan fingerprint density at radius 3 is 3.10 bits per heavy atom. The van der Waals surface area contributed by atoms with Gasteiger partial charge in [0, 0.05) is 35.1 Å². The molecular formula is C18H20N2O. The summed E-state index contributed by atoms with van der Waals surface area (Å²) in [5.74, 6) is 0.00349.